The van der Waals surface area contributed by atoms with Gasteiger partial charge in [0.1, 0.15) is 12.2 Å². The Balaban J connectivity index is 2.05. The number of ether oxygens (including phenoxy) is 2. The Bertz CT molecular complexity index is 692. The van der Waals surface area contributed by atoms with Gasteiger partial charge in [-0.1, -0.05) is 26.5 Å². The van der Waals surface area contributed by atoms with Gasteiger partial charge in [0.05, 0.1) is 23.0 Å². The van der Waals surface area contributed by atoms with Gasteiger partial charge in [-0.05, 0) is 38.2 Å². The number of aliphatic hydroxyl groups is 1. The average Bonchev–Trinajstić information content (AvgIpc) is 2.99. The third kappa shape index (κ3) is 2.62. The van der Waals surface area contributed by atoms with Crippen LogP contribution in [0.3, 0.4) is 0 Å². The molecule has 0 bridgehead atoms. The molecule has 1 heterocycles. The summed E-state index contributed by atoms with van der Waals surface area (Å²) in [6.45, 7) is 10.6. The second kappa shape index (κ2) is 6.34. The Morgan fingerprint density at radius 1 is 1.42 bits per heavy atom. The number of allylic oxidation sites excluding steroid dienone is 2. The molecule has 2 fully saturated rings. The summed E-state index contributed by atoms with van der Waals surface area (Å²) in [5, 5.41) is 9.65. The zero-order chi connectivity index (χ0) is 19.4. The van der Waals surface area contributed by atoms with E-state index in [0.717, 1.165) is 0 Å². The van der Waals surface area contributed by atoms with Gasteiger partial charge in [0.25, 0.3) is 0 Å². The minimum absolute atomic E-state index is 0.0738. The summed E-state index contributed by atoms with van der Waals surface area (Å²) in [7, 11) is 0. The second-order valence-electron chi connectivity index (χ2n) is 8.11. The quantitative estimate of drug-likeness (QED) is 0.608. The Hall–Kier alpha value is -1.95. The Morgan fingerprint density at radius 3 is 2.69 bits per heavy atom. The summed E-state index contributed by atoms with van der Waals surface area (Å²) < 4.78 is 11.3. The smallest absolute Gasteiger partial charge is 0.336 e. The third-order valence-electron chi connectivity index (χ3n) is 6.48. The minimum Gasteiger partial charge on any atom is -0.462 e. The fourth-order valence-corrected chi connectivity index (χ4v) is 4.80. The summed E-state index contributed by atoms with van der Waals surface area (Å²) in [5.41, 5.74) is -1.04. The molecule has 0 amide bonds. The van der Waals surface area contributed by atoms with Crippen LogP contribution < -0.4 is 0 Å². The highest BCUT2D eigenvalue weighted by Crippen LogP contribution is 2.54. The van der Waals surface area contributed by atoms with Gasteiger partial charge < -0.3 is 14.6 Å². The number of fused-ring (bicyclic) bond motifs is 2. The molecule has 0 aromatic carbocycles. The summed E-state index contributed by atoms with van der Waals surface area (Å²) in [5.74, 6) is -2.08. The minimum atomic E-state index is -1.05. The Labute approximate surface area is 153 Å². The molecule has 2 unspecified atom stereocenters. The number of esters is 2. The molecule has 1 aliphatic heterocycles. The van der Waals surface area contributed by atoms with E-state index in [9.17, 15) is 19.5 Å². The molecular weight excluding hydrogens is 336 g/mol. The van der Waals surface area contributed by atoms with Gasteiger partial charge in [0.2, 0.25) is 0 Å². The molecule has 1 saturated heterocycles. The summed E-state index contributed by atoms with van der Waals surface area (Å²) in [4.78, 5) is 37.5. The number of ketones is 1. The molecule has 142 valence electrons. The van der Waals surface area contributed by atoms with Crippen LogP contribution in [-0.4, -0.2) is 41.1 Å². The number of carbonyl (C=O) groups is 3. The highest BCUT2D eigenvalue weighted by Gasteiger charge is 2.62. The van der Waals surface area contributed by atoms with Crippen molar-refractivity contribution in [1.82, 2.24) is 0 Å². The fourth-order valence-electron chi connectivity index (χ4n) is 4.80. The number of hydrogen-bond acceptors (Lipinski definition) is 6. The largest absolute Gasteiger partial charge is 0.462 e. The summed E-state index contributed by atoms with van der Waals surface area (Å²) >= 11 is 0. The van der Waals surface area contributed by atoms with E-state index in [-0.39, 0.29) is 29.2 Å². The van der Waals surface area contributed by atoms with Gasteiger partial charge in [-0.2, -0.15) is 0 Å². The van der Waals surface area contributed by atoms with E-state index in [1.165, 1.54) is 6.92 Å². The zero-order valence-electron chi connectivity index (χ0n) is 15.6. The van der Waals surface area contributed by atoms with Crippen molar-refractivity contribution in [2.75, 3.05) is 0 Å². The maximum Gasteiger partial charge on any atom is 0.336 e. The van der Waals surface area contributed by atoms with Crippen LogP contribution >= 0.6 is 0 Å². The predicted octanol–water partition coefficient (Wildman–Crippen LogP) is 1.81. The van der Waals surface area contributed by atoms with Crippen LogP contribution in [0, 0.1) is 29.1 Å². The fraction of sp³-hybridized carbons (Fsp3) is 0.650. The average molecular weight is 362 g/mol. The topological polar surface area (TPSA) is 89.9 Å². The van der Waals surface area contributed by atoms with Crippen LogP contribution in [0.4, 0.5) is 0 Å². The molecule has 8 atom stereocenters. The molecule has 3 aliphatic rings. The van der Waals surface area contributed by atoms with Crippen LogP contribution in [0.2, 0.25) is 0 Å². The molecule has 26 heavy (non-hydrogen) atoms. The molecule has 2 aliphatic carbocycles. The van der Waals surface area contributed by atoms with Gasteiger partial charge >= 0.3 is 11.9 Å². The van der Waals surface area contributed by atoms with E-state index in [4.69, 9.17) is 9.47 Å². The van der Waals surface area contributed by atoms with Crippen molar-refractivity contribution in [3.63, 3.8) is 0 Å². The van der Waals surface area contributed by atoms with Crippen molar-refractivity contribution >= 4 is 17.7 Å². The SMILES string of the molecule is C=C(C(=O)O[C@H]1[C@@H]2C(C)C(=O)O[C@@H]2C[C@@H](C)[C@@H]2C=CC(=O)[C@]21C)C(C)O. The van der Waals surface area contributed by atoms with E-state index >= 15 is 0 Å². The maximum atomic E-state index is 12.8. The van der Waals surface area contributed by atoms with E-state index < -0.39 is 41.5 Å². The first-order valence-corrected chi connectivity index (χ1v) is 9.10. The lowest BCUT2D eigenvalue weighted by Gasteiger charge is -2.40. The lowest BCUT2D eigenvalue weighted by atomic mass is 9.66. The number of rotatable bonds is 3. The van der Waals surface area contributed by atoms with Crippen molar-refractivity contribution in [2.45, 2.75) is 52.4 Å². The van der Waals surface area contributed by atoms with Gasteiger partial charge in [-0.15, -0.1) is 0 Å². The standard InChI is InChI=1S/C20H26O6/c1-9-8-14-16(11(3)19(24)25-14)17(26-18(23)10(2)12(4)21)20(5)13(9)6-7-15(20)22/h6-7,9,11-14,16-17,21H,2,8H2,1,3-5H3/t9-,11?,12?,13+,14-,16-,17+,20+/m1/s1. The summed E-state index contributed by atoms with van der Waals surface area (Å²) in [6, 6.07) is 0. The first-order valence-electron chi connectivity index (χ1n) is 9.10. The van der Waals surface area contributed by atoms with E-state index in [0.29, 0.717) is 6.42 Å². The molecular formula is C20H26O6. The van der Waals surface area contributed by atoms with Crippen molar-refractivity contribution < 1.29 is 29.0 Å². The molecule has 6 heteroatoms. The molecule has 1 N–H and O–H groups in total. The monoisotopic (exact) mass is 362 g/mol. The normalized spacial score (nSPS) is 42.5. The number of hydrogen-bond donors (Lipinski definition) is 1. The Morgan fingerprint density at radius 2 is 2.08 bits per heavy atom. The maximum absolute atomic E-state index is 12.8. The molecule has 0 spiro atoms. The van der Waals surface area contributed by atoms with Crippen molar-refractivity contribution in [3.8, 4) is 0 Å². The van der Waals surface area contributed by atoms with Gasteiger partial charge in [0.15, 0.2) is 5.78 Å². The molecule has 0 aromatic heterocycles. The predicted molar refractivity (Wildman–Crippen MR) is 92.8 cm³/mol. The van der Waals surface area contributed by atoms with Crippen molar-refractivity contribution in [3.05, 3.63) is 24.3 Å². The molecule has 0 radical (unpaired) electrons. The van der Waals surface area contributed by atoms with E-state index in [1.54, 1.807) is 19.9 Å². The van der Waals surface area contributed by atoms with E-state index in [2.05, 4.69) is 6.58 Å². The molecule has 3 rings (SSSR count). The third-order valence-corrected chi connectivity index (χ3v) is 6.48. The van der Waals surface area contributed by atoms with Gasteiger partial charge in [-0.25, -0.2) is 4.79 Å². The van der Waals surface area contributed by atoms with Crippen LogP contribution in [0.5, 0.6) is 0 Å². The number of aliphatic hydroxyl groups excluding tert-OH is 1. The second-order valence-corrected chi connectivity index (χ2v) is 8.11. The lowest BCUT2D eigenvalue weighted by Crippen LogP contribution is -2.50. The first kappa shape index (κ1) is 18.8. The van der Waals surface area contributed by atoms with Crippen molar-refractivity contribution in [2.24, 2.45) is 29.1 Å². The molecule has 0 aromatic rings. The first-order chi connectivity index (χ1) is 12.1. The highest BCUT2D eigenvalue weighted by atomic mass is 16.6. The Kier molecular flexibility index (Phi) is 4.59. The van der Waals surface area contributed by atoms with Crippen molar-refractivity contribution in [1.29, 1.82) is 0 Å². The zero-order valence-corrected chi connectivity index (χ0v) is 15.6. The van der Waals surface area contributed by atoms with Crippen LogP contribution in [-0.2, 0) is 23.9 Å². The number of carbonyl (C=O) groups excluding carboxylic acids is 3. The highest BCUT2D eigenvalue weighted by molar-refractivity contribution is 5.99. The van der Waals surface area contributed by atoms with Crippen LogP contribution in [0.25, 0.3) is 0 Å². The van der Waals surface area contributed by atoms with Gasteiger partial charge in [0, 0.05) is 5.92 Å². The molecule has 6 nitrogen and oxygen atoms in total. The lowest BCUT2D eigenvalue weighted by molar-refractivity contribution is -0.164. The van der Waals surface area contributed by atoms with Crippen LogP contribution in [0.15, 0.2) is 24.3 Å². The van der Waals surface area contributed by atoms with Crippen LogP contribution in [0.1, 0.15) is 34.1 Å². The van der Waals surface area contributed by atoms with Gasteiger partial charge in [-0.3, -0.25) is 9.59 Å². The molecule has 1 saturated carbocycles. The van der Waals surface area contributed by atoms with E-state index in [1.807, 2.05) is 13.0 Å². The summed E-state index contributed by atoms with van der Waals surface area (Å²) in [6.07, 6.45) is 1.77.